The van der Waals surface area contributed by atoms with Crippen molar-refractivity contribution in [2.75, 3.05) is 4.81 Å². The molecule has 12 rings (SSSR count). The predicted molar refractivity (Wildman–Crippen MR) is 227 cm³/mol. The Kier molecular flexibility index (Phi) is 6.01. The molecule has 252 valence electrons. The van der Waals surface area contributed by atoms with E-state index >= 15 is 0 Å². The molecule has 53 heavy (non-hydrogen) atoms. The molecule has 0 unspecified atom stereocenters. The van der Waals surface area contributed by atoms with Crippen molar-refractivity contribution in [1.82, 2.24) is 8.97 Å². The van der Waals surface area contributed by atoms with E-state index in [0.29, 0.717) is 0 Å². The summed E-state index contributed by atoms with van der Waals surface area (Å²) in [6, 6.07) is 51.0. The Morgan fingerprint density at radius 3 is 2.04 bits per heavy atom. The molecule has 0 atom stereocenters. The number of aryl methyl sites for hydroxylation is 2. The molecule has 10 aromatic rings. The fraction of sp³-hybridized carbons (Fsp3) is 0.143. The van der Waals surface area contributed by atoms with E-state index in [1.807, 2.05) is 0 Å². The summed E-state index contributed by atoms with van der Waals surface area (Å²) in [5, 5.41) is 7.93. The van der Waals surface area contributed by atoms with Crippen LogP contribution in [0, 0.1) is 6.92 Å². The van der Waals surface area contributed by atoms with Crippen molar-refractivity contribution in [3.05, 3.63) is 145 Å². The third-order valence-electron chi connectivity index (χ3n) is 12.6. The summed E-state index contributed by atoms with van der Waals surface area (Å²) < 4.78 is 5.21. The van der Waals surface area contributed by atoms with Gasteiger partial charge >= 0.3 is 6.85 Å². The van der Waals surface area contributed by atoms with Crippen LogP contribution in [0.5, 0.6) is 0 Å². The summed E-state index contributed by atoms with van der Waals surface area (Å²) in [6.07, 6.45) is 6.10. The maximum atomic E-state index is 2.73. The first-order valence-electron chi connectivity index (χ1n) is 19.5. The lowest BCUT2D eigenvalue weighted by Gasteiger charge is -2.43. The van der Waals surface area contributed by atoms with E-state index in [1.165, 1.54) is 136 Å². The van der Waals surface area contributed by atoms with E-state index in [2.05, 4.69) is 161 Å². The lowest BCUT2D eigenvalue weighted by atomic mass is 9.43. The molecule has 0 saturated heterocycles. The molecule has 5 heterocycles. The van der Waals surface area contributed by atoms with E-state index in [-0.39, 0.29) is 6.85 Å². The van der Waals surface area contributed by atoms with Gasteiger partial charge in [0.05, 0.1) is 33.3 Å². The van der Waals surface area contributed by atoms with Crippen LogP contribution in [0.3, 0.4) is 0 Å². The van der Waals surface area contributed by atoms with Crippen molar-refractivity contribution in [3.8, 4) is 16.8 Å². The molecule has 0 radical (unpaired) electrons. The van der Waals surface area contributed by atoms with Gasteiger partial charge in [-0.2, -0.15) is 0 Å². The molecule has 0 N–H and O–H groups in total. The number of nitrogens with zero attached hydrogens (tertiary/aromatic N) is 3. The second-order valence-corrected chi connectivity index (χ2v) is 15.5. The second kappa shape index (κ2) is 10.8. The molecular weight excluding hydrogens is 641 g/mol. The third kappa shape index (κ3) is 3.76. The molecule has 0 aliphatic carbocycles. The normalized spacial score (nSPS) is 13.4. The molecule has 0 amide bonds. The zero-order valence-electron chi connectivity index (χ0n) is 30.2. The van der Waals surface area contributed by atoms with Crippen molar-refractivity contribution in [2.24, 2.45) is 0 Å². The first-order valence-corrected chi connectivity index (χ1v) is 19.5. The van der Waals surface area contributed by atoms with Gasteiger partial charge < -0.3 is 13.8 Å². The van der Waals surface area contributed by atoms with E-state index in [4.69, 9.17) is 0 Å². The number of rotatable bonds is 6. The highest BCUT2D eigenvalue weighted by Gasteiger charge is 2.45. The summed E-state index contributed by atoms with van der Waals surface area (Å²) in [7, 11) is 0. The predicted octanol–water partition coefficient (Wildman–Crippen LogP) is 11.6. The van der Waals surface area contributed by atoms with Crippen molar-refractivity contribution in [2.45, 2.75) is 46.0 Å². The molecular formula is C49H38BN3. The van der Waals surface area contributed by atoms with Crippen molar-refractivity contribution in [3.63, 3.8) is 0 Å². The average molecular weight is 680 g/mol. The van der Waals surface area contributed by atoms with Gasteiger partial charge in [-0.15, -0.1) is 0 Å². The van der Waals surface area contributed by atoms with Gasteiger partial charge in [-0.25, -0.2) is 0 Å². The number of fused-ring (bicyclic) bond motifs is 14. The van der Waals surface area contributed by atoms with Gasteiger partial charge in [-0.3, -0.25) is 0 Å². The minimum Gasteiger partial charge on any atom is -0.374 e. The van der Waals surface area contributed by atoms with Gasteiger partial charge in [0.2, 0.25) is 0 Å². The van der Waals surface area contributed by atoms with Crippen LogP contribution in [0.4, 0.5) is 11.4 Å². The molecule has 3 nitrogen and oxygen atoms in total. The van der Waals surface area contributed by atoms with Gasteiger partial charge in [0.1, 0.15) is 0 Å². The average Bonchev–Trinajstić information content (AvgIpc) is 3.84. The third-order valence-corrected chi connectivity index (χ3v) is 12.6. The molecule has 4 heteroatoms. The Balaban J connectivity index is 1.29. The van der Waals surface area contributed by atoms with Crippen molar-refractivity contribution < 1.29 is 0 Å². The van der Waals surface area contributed by atoms with Gasteiger partial charge in [0.25, 0.3) is 0 Å². The zero-order valence-corrected chi connectivity index (χ0v) is 30.2. The Hall–Kier alpha value is -6.00. The molecule has 0 fully saturated rings. The number of anilines is 2. The van der Waals surface area contributed by atoms with Gasteiger partial charge in [-0.05, 0) is 71.6 Å². The van der Waals surface area contributed by atoms with Crippen LogP contribution in [0.25, 0.3) is 76.7 Å². The van der Waals surface area contributed by atoms with Gasteiger partial charge in [0.15, 0.2) is 0 Å². The number of benzene rings is 7. The van der Waals surface area contributed by atoms with Crippen LogP contribution < -0.4 is 15.7 Å². The SMILES string of the molecule is CCCCCCc1cc2c3c(c1)-n1c4ccccc4c4cccc(c41)B3N(c1ccccc1C)c1c-2ccc2c3cccc4c5ccccc5n(c12)c43. The standard InChI is InChI=1S/C49H38BN3/c1-3-4-5-6-16-31-28-39-38-27-26-37-36-20-13-19-34-32-17-9-12-25-43(32)52(46(34)36)48(37)49(38)53(41-23-10-7-15-30(41)2)50-40-22-14-21-35-33-18-8-11-24-42(33)51(47(35)40)44(29-31)45(39)50/h7-15,17-29H,3-6,16H2,1-2H3. The number of para-hydroxylation sites is 5. The highest BCUT2D eigenvalue weighted by atomic mass is 15.1. The van der Waals surface area contributed by atoms with E-state index in [0.717, 1.165) is 6.42 Å². The highest BCUT2D eigenvalue weighted by molar-refractivity contribution is 6.94. The summed E-state index contributed by atoms with van der Waals surface area (Å²) in [4.78, 5) is 2.73. The Bertz CT molecular complexity index is 3140. The Labute approximate surface area is 309 Å². The largest absolute Gasteiger partial charge is 0.374 e. The fourth-order valence-electron chi connectivity index (χ4n) is 10.4. The van der Waals surface area contributed by atoms with Crippen LogP contribution in [0.15, 0.2) is 133 Å². The minimum absolute atomic E-state index is 0.00390. The minimum atomic E-state index is -0.00390. The van der Waals surface area contributed by atoms with E-state index in [1.54, 1.807) is 0 Å². The van der Waals surface area contributed by atoms with Crippen LogP contribution in [-0.2, 0) is 6.42 Å². The van der Waals surface area contributed by atoms with E-state index in [9.17, 15) is 0 Å². The van der Waals surface area contributed by atoms with E-state index < -0.39 is 0 Å². The zero-order chi connectivity index (χ0) is 34.9. The number of aromatic nitrogens is 2. The number of hydrogen-bond donors (Lipinski definition) is 0. The maximum Gasteiger partial charge on any atom is 0.333 e. The van der Waals surface area contributed by atoms with Gasteiger partial charge in [-0.1, -0.05) is 135 Å². The monoisotopic (exact) mass is 679 g/mol. The summed E-state index contributed by atoms with van der Waals surface area (Å²) in [5.74, 6) is 0. The van der Waals surface area contributed by atoms with Crippen LogP contribution in [0.1, 0.15) is 43.7 Å². The summed E-state index contributed by atoms with van der Waals surface area (Å²) >= 11 is 0. The van der Waals surface area contributed by atoms with Crippen molar-refractivity contribution in [1.29, 1.82) is 0 Å². The maximum absolute atomic E-state index is 2.73. The molecule has 0 saturated carbocycles. The lowest BCUT2D eigenvalue weighted by Crippen LogP contribution is -2.60. The van der Waals surface area contributed by atoms with Crippen LogP contribution >= 0.6 is 0 Å². The quantitative estimate of drug-likeness (QED) is 0.126. The van der Waals surface area contributed by atoms with Crippen molar-refractivity contribution >= 4 is 89.0 Å². The highest BCUT2D eigenvalue weighted by Crippen LogP contribution is 2.51. The number of unbranched alkanes of at least 4 members (excludes halogenated alkanes) is 3. The Morgan fingerprint density at radius 2 is 1.21 bits per heavy atom. The van der Waals surface area contributed by atoms with Gasteiger partial charge in [0, 0.05) is 49.3 Å². The number of hydrogen-bond acceptors (Lipinski definition) is 1. The Morgan fingerprint density at radius 1 is 0.528 bits per heavy atom. The summed E-state index contributed by atoms with van der Waals surface area (Å²) in [6.45, 7) is 4.58. The first-order chi connectivity index (χ1) is 26.2. The molecule has 2 aliphatic heterocycles. The molecule has 2 aliphatic rings. The second-order valence-electron chi connectivity index (χ2n) is 15.5. The van der Waals surface area contributed by atoms with Crippen LogP contribution in [0.2, 0.25) is 0 Å². The molecule has 0 spiro atoms. The smallest absolute Gasteiger partial charge is 0.333 e. The molecule has 0 bridgehead atoms. The summed E-state index contributed by atoms with van der Waals surface area (Å²) in [5.41, 5.74) is 18.6. The molecule has 7 aromatic carbocycles. The van der Waals surface area contributed by atoms with Crippen LogP contribution in [-0.4, -0.2) is 15.8 Å². The lowest BCUT2D eigenvalue weighted by molar-refractivity contribution is 0.667. The molecule has 3 aromatic heterocycles. The fourth-order valence-corrected chi connectivity index (χ4v) is 10.4. The first kappa shape index (κ1) is 29.6. The topological polar surface area (TPSA) is 12.6 Å².